The number of fused-ring (bicyclic) bond motifs is 3. The number of methoxy groups -OCH3 is 1. The monoisotopic (exact) mass is 379 g/mol. The molecule has 0 N–H and O–H groups in total. The lowest BCUT2D eigenvalue weighted by atomic mass is 10.1. The van der Waals surface area contributed by atoms with Gasteiger partial charge in [0.15, 0.2) is 6.10 Å². The van der Waals surface area contributed by atoms with Crippen molar-refractivity contribution in [2.24, 2.45) is 5.92 Å². The minimum Gasteiger partial charge on any atom is -0.466 e. The summed E-state index contributed by atoms with van der Waals surface area (Å²) < 4.78 is 9.71. The van der Waals surface area contributed by atoms with Crippen molar-refractivity contribution in [2.75, 3.05) is 18.6 Å². The zero-order valence-electron chi connectivity index (χ0n) is 15.8. The maximum Gasteiger partial charge on any atom is 0.346 e. The number of hydrogen-bond donors (Lipinski definition) is 0. The highest BCUT2D eigenvalue weighted by molar-refractivity contribution is 6.00. The molecule has 1 heterocycles. The fourth-order valence-corrected chi connectivity index (χ4v) is 3.90. The second-order valence-electron chi connectivity index (χ2n) is 7.18. The smallest absolute Gasteiger partial charge is 0.346 e. The summed E-state index contributed by atoms with van der Waals surface area (Å²) in [5, 5.41) is 0. The SMILES string of the molecule is COC(=O)[C@H](C)OC(=O)[C@H]1CC(=O)N(c2ccc3c(c2)Cc2ccccc2-3)C1. The summed E-state index contributed by atoms with van der Waals surface area (Å²) in [5.74, 6) is -1.89. The number of esters is 2. The minimum atomic E-state index is -0.986. The minimum absolute atomic E-state index is 0.0734. The molecule has 0 unspecified atom stereocenters. The highest BCUT2D eigenvalue weighted by Crippen LogP contribution is 2.39. The van der Waals surface area contributed by atoms with Crippen LogP contribution in [0.1, 0.15) is 24.5 Å². The molecule has 2 aliphatic rings. The Morgan fingerprint density at radius 1 is 1.11 bits per heavy atom. The van der Waals surface area contributed by atoms with Gasteiger partial charge in [-0.25, -0.2) is 4.79 Å². The van der Waals surface area contributed by atoms with E-state index in [1.54, 1.807) is 4.90 Å². The highest BCUT2D eigenvalue weighted by atomic mass is 16.6. The van der Waals surface area contributed by atoms with Crippen LogP contribution in [-0.4, -0.2) is 37.6 Å². The molecule has 1 aliphatic carbocycles. The molecule has 0 spiro atoms. The number of amides is 1. The van der Waals surface area contributed by atoms with Crippen molar-refractivity contribution < 1.29 is 23.9 Å². The summed E-state index contributed by atoms with van der Waals surface area (Å²) in [6.45, 7) is 1.70. The van der Waals surface area contributed by atoms with Crippen molar-refractivity contribution in [3.05, 3.63) is 53.6 Å². The molecule has 0 bridgehead atoms. The van der Waals surface area contributed by atoms with Crippen molar-refractivity contribution >= 4 is 23.5 Å². The predicted octanol–water partition coefficient (Wildman–Crippen LogP) is 2.72. The summed E-state index contributed by atoms with van der Waals surface area (Å²) in [6.07, 6.45) is -0.0757. The Labute approximate surface area is 163 Å². The van der Waals surface area contributed by atoms with Gasteiger partial charge in [0.2, 0.25) is 5.91 Å². The fraction of sp³-hybridized carbons (Fsp3) is 0.318. The molecule has 2 atom stereocenters. The number of hydrogen-bond acceptors (Lipinski definition) is 5. The summed E-state index contributed by atoms with van der Waals surface area (Å²) in [7, 11) is 1.24. The van der Waals surface area contributed by atoms with E-state index in [1.807, 2.05) is 30.3 Å². The average Bonchev–Trinajstić information content (AvgIpc) is 3.27. The van der Waals surface area contributed by atoms with Crippen LogP contribution < -0.4 is 4.90 Å². The Morgan fingerprint density at radius 3 is 2.64 bits per heavy atom. The first-order valence-corrected chi connectivity index (χ1v) is 9.28. The zero-order valence-corrected chi connectivity index (χ0v) is 15.8. The average molecular weight is 379 g/mol. The number of rotatable bonds is 4. The summed E-state index contributed by atoms with van der Waals surface area (Å²) in [4.78, 5) is 37.9. The lowest BCUT2D eigenvalue weighted by molar-refractivity contribution is -0.167. The van der Waals surface area contributed by atoms with E-state index in [0.717, 1.165) is 12.1 Å². The van der Waals surface area contributed by atoms with Crippen LogP contribution in [0.2, 0.25) is 0 Å². The van der Waals surface area contributed by atoms with Gasteiger partial charge in [0.1, 0.15) is 0 Å². The normalized spacial score (nSPS) is 18.4. The van der Waals surface area contributed by atoms with Crippen LogP contribution in [-0.2, 0) is 30.3 Å². The van der Waals surface area contributed by atoms with E-state index in [9.17, 15) is 14.4 Å². The molecular formula is C22H21NO5. The van der Waals surface area contributed by atoms with E-state index >= 15 is 0 Å². The summed E-state index contributed by atoms with van der Waals surface area (Å²) >= 11 is 0. The molecule has 1 amide bonds. The lowest BCUT2D eigenvalue weighted by Crippen LogP contribution is -2.30. The van der Waals surface area contributed by atoms with Crippen LogP contribution >= 0.6 is 0 Å². The number of anilines is 1. The van der Waals surface area contributed by atoms with E-state index in [4.69, 9.17) is 4.74 Å². The molecule has 0 aromatic heterocycles. The number of carbonyl (C=O) groups is 3. The third-order valence-electron chi connectivity index (χ3n) is 5.37. The van der Waals surface area contributed by atoms with Crippen molar-refractivity contribution in [1.29, 1.82) is 0 Å². The molecule has 6 nitrogen and oxygen atoms in total. The zero-order chi connectivity index (χ0) is 19.8. The maximum atomic E-state index is 12.5. The third kappa shape index (κ3) is 3.15. The van der Waals surface area contributed by atoms with Crippen LogP contribution in [0.5, 0.6) is 0 Å². The Balaban J connectivity index is 1.49. The molecule has 28 heavy (non-hydrogen) atoms. The molecule has 6 heteroatoms. The van der Waals surface area contributed by atoms with Gasteiger partial charge >= 0.3 is 11.9 Å². The van der Waals surface area contributed by atoms with Gasteiger partial charge in [-0.05, 0) is 47.7 Å². The van der Waals surface area contributed by atoms with Crippen LogP contribution in [0, 0.1) is 5.92 Å². The summed E-state index contributed by atoms with van der Waals surface area (Å²) in [6, 6.07) is 14.3. The van der Waals surface area contributed by atoms with Gasteiger partial charge in [-0.3, -0.25) is 9.59 Å². The second kappa shape index (κ2) is 7.11. The Bertz CT molecular complexity index is 967. The van der Waals surface area contributed by atoms with Gasteiger partial charge in [-0.15, -0.1) is 0 Å². The van der Waals surface area contributed by atoms with Crippen molar-refractivity contribution in [3.8, 4) is 11.1 Å². The largest absolute Gasteiger partial charge is 0.466 e. The van der Waals surface area contributed by atoms with E-state index in [0.29, 0.717) is 0 Å². The van der Waals surface area contributed by atoms with Gasteiger partial charge in [-0.1, -0.05) is 30.3 Å². The fourth-order valence-electron chi connectivity index (χ4n) is 3.90. The van der Waals surface area contributed by atoms with Crippen molar-refractivity contribution in [3.63, 3.8) is 0 Å². The van der Waals surface area contributed by atoms with E-state index in [1.165, 1.54) is 36.3 Å². The first-order chi connectivity index (χ1) is 13.5. The molecule has 2 aromatic carbocycles. The van der Waals surface area contributed by atoms with Gasteiger partial charge in [0.05, 0.1) is 13.0 Å². The topological polar surface area (TPSA) is 72.9 Å². The Morgan fingerprint density at radius 2 is 1.86 bits per heavy atom. The first-order valence-electron chi connectivity index (χ1n) is 9.28. The van der Waals surface area contributed by atoms with Gasteiger partial charge in [0.25, 0.3) is 0 Å². The van der Waals surface area contributed by atoms with Crippen molar-refractivity contribution in [2.45, 2.75) is 25.9 Å². The van der Waals surface area contributed by atoms with Crippen LogP contribution in [0.25, 0.3) is 11.1 Å². The quantitative estimate of drug-likeness (QED) is 0.652. The molecule has 1 saturated heterocycles. The molecule has 144 valence electrons. The molecule has 1 aliphatic heterocycles. The van der Waals surface area contributed by atoms with Crippen LogP contribution in [0.4, 0.5) is 5.69 Å². The molecule has 0 saturated carbocycles. The van der Waals surface area contributed by atoms with Crippen LogP contribution in [0.15, 0.2) is 42.5 Å². The second-order valence-corrected chi connectivity index (χ2v) is 7.18. The molecule has 1 fully saturated rings. The predicted molar refractivity (Wildman–Crippen MR) is 103 cm³/mol. The Kier molecular flexibility index (Phi) is 4.63. The van der Waals surface area contributed by atoms with E-state index in [-0.39, 0.29) is 18.9 Å². The van der Waals surface area contributed by atoms with Gasteiger partial charge in [0, 0.05) is 18.7 Å². The lowest BCUT2D eigenvalue weighted by Gasteiger charge is -2.18. The van der Waals surface area contributed by atoms with Crippen molar-refractivity contribution in [1.82, 2.24) is 0 Å². The van der Waals surface area contributed by atoms with E-state index in [2.05, 4.69) is 16.9 Å². The summed E-state index contributed by atoms with van der Waals surface area (Å²) in [5.41, 5.74) is 5.66. The van der Waals surface area contributed by atoms with Gasteiger partial charge in [-0.2, -0.15) is 0 Å². The van der Waals surface area contributed by atoms with E-state index < -0.39 is 24.0 Å². The standard InChI is InChI=1S/C22H21NO5/c1-13(21(25)27-2)28-22(26)16-11-20(24)23(12-16)17-7-8-19-15(10-17)9-14-5-3-4-6-18(14)19/h3-8,10,13,16H,9,11-12H2,1-2H3/t13-,16-/m0/s1. The molecule has 0 radical (unpaired) electrons. The number of carbonyl (C=O) groups excluding carboxylic acids is 3. The maximum absolute atomic E-state index is 12.5. The molecular weight excluding hydrogens is 358 g/mol. The van der Waals surface area contributed by atoms with Gasteiger partial charge < -0.3 is 14.4 Å². The number of benzene rings is 2. The highest BCUT2D eigenvalue weighted by Gasteiger charge is 2.37. The Hall–Kier alpha value is -3.15. The number of nitrogens with zero attached hydrogens (tertiary/aromatic N) is 1. The number of ether oxygens (including phenoxy) is 2. The molecule has 2 aromatic rings. The third-order valence-corrected chi connectivity index (χ3v) is 5.37. The van der Waals surface area contributed by atoms with Crippen LogP contribution in [0.3, 0.4) is 0 Å². The molecule has 4 rings (SSSR count). The first kappa shape index (κ1) is 18.2.